The van der Waals surface area contributed by atoms with Crippen molar-refractivity contribution in [2.45, 2.75) is 19.0 Å². The number of anilines is 1. The lowest BCUT2D eigenvalue weighted by molar-refractivity contribution is -0.0328. The molecule has 14 heavy (non-hydrogen) atoms. The lowest BCUT2D eigenvalue weighted by atomic mass is 10.5. The Kier molecular flexibility index (Phi) is 3.25. The quantitative estimate of drug-likeness (QED) is 0.846. The van der Waals surface area contributed by atoms with Gasteiger partial charge in [0.2, 0.25) is 0 Å². The van der Waals surface area contributed by atoms with Gasteiger partial charge >= 0.3 is 5.51 Å². The van der Waals surface area contributed by atoms with Gasteiger partial charge in [-0.2, -0.15) is 13.2 Å². The lowest BCUT2D eigenvalue weighted by Gasteiger charge is -2.05. The monoisotopic (exact) mass is 226 g/mol. The summed E-state index contributed by atoms with van der Waals surface area (Å²) in [4.78, 5) is 0. The third-order valence-corrected chi connectivity index (χ3v) is 2.30. The number of hydrogen-bond acceptors (Lipinski definition) is 4. The molecule has 0 unspecified atom stereocenters. The van der Waals surface area contributed by atoms with Crippen LogP contribution in [-0.2, 0) is 6.54 Å². The molecule has 0 aliphatic carbocycles. The molecule has 0 aliphatic heterocycles. The Balaban J connectivity index is 2.43. The summed E-state index contributed by atoms with van der Waals surface area (Å²) < 4.78 is 36.6. The van der Waals surface area contributed by atoms with E-state index in [1.54, 1.807) is 6.92 Å². The molecule has 0 atom stereocenters. The van der Waals surface area contributed by atoms with E-state index in [1.165, 1.54) is 4.68 Å². The smallest absolute Gasteiger partial charge is 0.381 e. The van der Waals surface area contributed by atoms with Crippen LogP contribution in [0.5, 0.6) is 0 Å². The minimum Gasteiger partial charge on any atom is -0.381 e. The summed E-state index contributed by atoms with van der Waals surface area (Å²) in [5, 5.41) is 7.13. The first-order valence-corrected chi connectivity index (χ1v) is 4.75. The summed E-state index contributed by atoms with van der Waals surface area (Å²) >= 11 is -0.0831. The third kappa shape index (κ3) is 3.09. The number of aromatic nitrogens is 3. The van der Waals surface area contributed by atoms with E-state index in [1.807, 2.05) is 0 Å². The van der Waals surface area contributed by atoms with Crippen molar-refractivity contribution in [2.24, 2.45) is 0 Å². The van der Waals surface area contributed by atoms with Crippen LogP contribution in [0.2, 0.25) is 0 Å². The van der Waals surface area contributed by atoms with Crippen molar-refractivity contribution >= 4 is 17.6 Å². The maximum Gasteiger partial charge on any atom is 0.441 e. The molecule has 0 bridgehead atoms. The predicted octanol–water partition coefficient (Wildman–Crippen LogP) is 1.42. The molecule has 0 saturated carbocycles. The minimum atomic E-state index is -4.19. The normalized spacial score (nSPS) is 12.0. The highest BCUT2D eigenvalue weighted by atomic mass is 32.2. The summed E-state index contributed by atoms with van der Waals surface area (Å²) in [5.74, 6) is 0.162. The largest absolute Gasteiger partial charge is 0.441 e. The molecule has 0 fully saturated rings. The van der Waals surface area contributed by atoms with E-state index < -0.39 is 5.51 Å². The molecule has 0 amide bonds. The fourth-order valence-corrected chi connectivity index (χ4v) is 1.33. The average molecular weight is 226 g/mol. The molecule has 8 heteroatoms. The second-order valence-corrected chi connectivity index (χ2v) is 3.74. The van der Waals surface area contributed by atoms with Crippen molar-refractivity contribution in [2.75, 3.05) is 11.5 Å². The van der Waals surface area contributed by atoms with Gasteiger partial charge in [-0.3, -0.25) is 0 Å². The van der Waals surface area contributed by atoms with E-state index in [0.717, 1.165) is 0 Å². The van der Waals surface area contributed by atoms with Gasteiger partial charge < -0.3 is 5.73 Å². The predicted molar refractivity (Wildman–Crippen MR) is 47.7 cm³/mol. The Morgan fingerprint density at radius 2 is 2.14 bits per heavy atom. The van der Waals surface area contributed by atoms with Crippen molar-refractivity contribution in [1.82, 2.24) is 15.0 Å². The van der Waals surface area contributed by atoms with Gasteiger partial charge in [-0.05, 0) is 18.7 Å². The molecule has 0 saturated heterocycles. The number of thioether (sulfide) groups is 1. The molecule has 1 rings (SSSR count). The molecule has 0 aromatic carbocycles. The van der Waals surface area contributed by atoms with Gasteiger partial charge in [0.25, 0.3) is 0 Å². The maximum atomic E-state index is 11.8. The number of aryl methyl sites for hydroxylation is 1. The zero-order chi connectivity index (χ0) is 10.8. The van der Waals surface area contributed by atoms with E-state index in [0.29, 0.717) is 5.69 Å². The Hall–Kier alpha value is -0.920. The zero-order valence-corrected chi connectivity index (χ0v) is 8.19. The van der Waals surface area contributed by atoms with Crippen molar-refractivity contribution in [3.8, 4) is 0 Å². The lowest BCUT2D eigenvalue weighted by Crippen LogP contribution is -2.09. The number of halogens is 3. The summed E-state index contributed by atoms with van der Waals surface area (Å²) in [6.45, 7) is 1.81. The summed E-state index contributed by atoms with van der Waals surface area (Å²) in [7, 11) is 0. The maximum absolute atomic E-state index is 11.8. The molecule has 0 aliphatic rings. The summed E-state index contributed by atoms with van der Waals surface area (Å²) in [6.07, 6.45) is 0. The Morgan fingerprint density at radius 3 is 2.57 bits per heavy atom. The van der Waals surface area contributed by atoms with Crippen LogP contribution in [0.1, 0.15) is 5.69 Å². The minimum absolute atomic E-state index is 0.0831. The van der Waals surface area contributed by atoms with Crippen LogP contribution in [0, 0.1) is 6.92 Å². The van der Waals surface area contributed by atoms with E-state index in [2.05, 4.69) is 10.3 Å². The van der Waals surface area contributed by atoms with Crippen molar-refractivity contribution < 1.29 is 13.2 Å². The Bertz CT molecular complexity index is 309. The number of nitrogens with two attached hydrogens (primary N) is 1. The van der Waals surface area contributed by atoms with E-state index in [-0.39, 0.29) is 29.9 Å². The summed E-state index contributed by atoms with van der Waals surface area (Å²) in [6, 6.07) is 0. The Morgan fingerprint density at radius 1 is 1.50 bits per heavy atom. The highest BCUT2D eigenvalue weighted by Gasteiger charge is 2.27. The fourth-order valence-electron chi connectivity index (χ4n) is 0.834. The fraction of sp³-hybridized carbons (Fsp3) is 0.667. The highest BCUT2D eigenvalue weighted by molar-refractivity contribution is 8.00. The van der Waals surface area contributed by atoms with Gasteiger partial charge in [-0.1, -0.05) is 5.21 Å². The van der Waals surface area contributed by atoms with Crippen LogP contribution in [0.15, 0.2) is 0 Å². The van der Waals surface area contributed by atoms with Crippen LogP contribution in [-0.4, -0.2) is 26.3 Å². The second kappa shape index (κ2) is 4.07. The van der Waals surface area contributed by atoms with Crippen molar-refractivity contribution in [3.63, 3.8) is 0 Å². The molecule has 0 radical (unpaired) electrons. The topological polar surface area (TPSA) is 56.7 Å². The number of hydrogen-bond donors (Lipinski definition) is 1. The van der Waals surface area contributed by atoms with Gasteiger partial charge in [0.05, 0.1) is 12.2 Å². The van der Waals surface area contributed by atoms with Crippen LogP contribution < -0.4 is 5.73 Å². The van der Waals surface area contributed by atoms with E-state index >= 15 is 0 Å². The van der Waals surface area contributed by atoms with Gasteiger partial charge in [0.1, 0.15) is 0 Å². The SMILES string of the molecule is Cc1c(N)nnn1CCSC(F)(F)F. The van der Waals surface area contributed by atoms with Gasteiger partial charge in [-0.15, -0.1) is 5.10 Å². The van der Waals surface area contributed by atoms with Crippen molar-refractivity contribution in [3.05, 3.63) is 5.69 Å². The molecular weight excluding hydrogens is 217 g/mol. The van der Waals surface area contributed by atoms with Crippen LogP contribution >= 0.6 is 11.8 Å². The average Bonchev–Trinajstić information content (AvgIpc) is 2.33. The van der Waals surface area contributed by atoms with E-state index in [9.17, 15) is 13.2 Å². The number of alkyl halides is 3. The summed E-state index contributed by atoms with van der Waals surface area (Å²) in [5.41, 5.74) is 1.77. The van der Waals surface area contributed by atoms with E-state index in [4.69, 9.17) is 5.73 Å². The molecule has 2 N–H and O–H groups in total. The molecule has 1 aromatic rings. The number of nitrogens with zero attached hydrogens (tertiary/aromatic N) is 3. The number of rotatable bonds is 3. The molecule has 80 valence electrons. The molecule has 4 nitrogen and oxygen atoms in total. The molecule has 0 spiro atoms. The number of nitrogen functional groups attached to an aromatic ring is 1. The first kappa shape index (κ1) is 11.2. The van der Waals surface area contributed by atoms with Crippen LogP contribution in [0.4, 0.5) is 19.0 Å². The standard InChI is InChI=1S/C6H9F3N4S/c1-4-5(10)11-12-13(4)2-3-14-6(7,8)9/h2-3,10H2,1H3. The molecule has 1 heterocycles. The highest BCUT2D eigenvalue weighted by Crippen LogP contribution is 2.30. The third-order valence-electron chi connectivity index (χ3n) is 1.59. The molecular formula is C6H9F3N4S. The Labute approximate surface area is 82.6 Å². The van der Waals surface area contributed by atoms with Gasteiger partial charge in [0, 0.05) is 5.75 Å². The van der Waals surface area contributed by atoms with Gasteiger partial charge in [-0.25, -0.2) is 4.68 Å². The first-order chi connectivity index (χ1) is 6.40. The first-order valence-electron chi connectivity index (χ1n) is 3.76. The van der Waals surface area contributed by atoms with Crippen molar-refractivity contribution in [1.29, 1.82) is 0 Å². The molecule has 1 aromatic heterocycles. The van der Waals surface area contributed by atoms with Gasteiger partial charge in [0.15, 0.2) is 5.82 Å². The van der Waals surface area contributed by atoms with Crippen LogP contribution in [0.25, 0.3) is 0 Å². The van der Waals surface area contributed by atoms with Crippen LogP contribution in [0.3, 0.4) is 0 Å². The zero-order valence-electron chi connectivity index (χ0n) is 7.38. The second-order valence-electron chi connectivity index (χ2n) is 2.58.